The van der Waals surface area contributed by atoms with Gasteiger partial charge in [0.25, 0.3) is 0 Å². The Morgan fingerprint density at radius 1 is 1.50 bits per heavy atom. The van der Waals surface area contributed by atoms with Crippen LogP contribution in [0.3, 0.4) is 0 Å². The molecule has 0 radical (unpaired) electrons. The van der Waals surface area contributed by atoms with E-state index in [9.17, 15) is 13.6 Å². The fraction of sp³-hybridized carbons (Fsp3) is 0.308. The highest BCUT2D eigenvalue weighted by molar-refractivity contribution is 5.77. The van der Waals surface area contributed by atoms with Crippen LogP contribution in [0.15, 0.2) is 18.2 Å². The van der Waals surface area contributed by atoms with Gasteiger partial charge >= 0.3 is 5.97 Å². The van der Waals surface area contributed by atoms with Crippen LogP contribution in [0.4, 0.5) is 8.78 Å². The van der Waals surface area contributed by atoms with Crippen molar-refractivity contribution in [2.45, 2.75) is 13.0 Å². The van der Waals surface area contributed by atoms with Gasteiger partial charge in [0.15, 0.2) is 0 Å². The van der Waals surface area contributed by atoms with Crippen LogP contribution < -0.4 is 5.32 Å². The van der Waals surface area contributed by atoms with E-state index in [1.807, 2.05) is 0 Å². The Balaban J connectivity index is 3.09. The first-order valence-corrected chi connectivity index (χ1v) is 5.39. The van der Waals surface area contributed by atoms with Gasteiger partial charge in [-0.3, -0.25) is 5.32 Å². The molecule has 0 fully saturated rings. The van der Waals surface area contributed by atoms with Crippen molar-refractivity contribution in [2.24, 2.45) is 0 Å². The summed E-state index contributed by atoms with van der Waals surface area (Å²) >= 11 is 0. The van der Waals surface area contributed by atoms with E-state index in [2.05, 4.69) is 11.2 Å². The lowest BCUT2D eigenvalue weighted by Crippen LogP contribution is -2.32. The molecule has 0 aliphatic heterocycles. The molecule has 96 valence electrons. The number of benzene rings is 1. The fourth-order valence-electron chi connectivity index (χ4n) is 1.48. The van der Waals surface area contributed by atoms with E-state index in [0.717, 1.165) is 12.1 Å². The molecule has 0 spiro atoms. The predicted octanol–water partition coefficient (Wildman–Crippen LogP) is 1.79. The Kier molecular flexibility index (Phi) is 5.28. The van der Waals surface area contributed by atoms with Gasteiger partial charge < -0.3 is 4.74 Å². The van der Waals surface area contributed by atoms with E-state index in [0.29, 0.717) is 0 Å². The summed E-state index contributed by atoms with van der Waals surface area (Å²) < 4.78 is 31.9. The van der Waals surface area contributed by atoms with Gasteiger partial charge in [0.1, 0.15) is 17.7 Å². The first kappa shape index (κ1) is 14.1. The van der Waals surface area contributed by atoms with Crippen molar-refractivity contribution in [3.63, 3.8) is 0 Å². The van der Waals surface area contributed by atoms with Crippen molar-refractivity contribution in [1.29, 1.82) is 0 Å². The lowest BCUT2D eigenvalue weighted by Gasteiger charge is -2.17. The molecule has 0 bridgehead atoms. The second-order valence-corrected chi connectivity index (χ2v) is 3.41. The van der Waals surface area contributed by atoms with Gasteiger partial charge in [-0.15, -0.1) is 6.42 Å². The summed E-state index contributed by atoms with van der Waals surface area (Å²) in [4.78, 5) is 11.7. The maximum absolute atomic E-state index is 13.6. The maximum Gasteiger partial charge on any atom is 0.328 e. The van der Waals surface area contributed by atoms with Crippen molar-refractivity contribution in [3.8, 4) is 12.3 Å². The van der Waals surface area contributed by atoms with E-state index >= 15 is 0 Å². The summed E-state index contributed by atoms with van der Waals surface area (Å²) in [7, 11) is 0. The normalized spacial score (nSPS) is 11.7. The van der Waals surface area contributed by atoms with Crippen molar-refractivity contribution >= 4 is 5.97 Å². The summed E-state index contributed by atoms with van der Waals surface area (Å²) in [5, 5.41) is 2.56. The van der Waals surface area contributed by atoms with Crippen molar-refractivity contribution in [1.82, 2.24) is 5.32 Å². The summed E-state index contributed by atoms with van der Waals surface area (Å²) in [6.45, 7) is 1.72. The van der Waals surface area contributed by atoms with E-state index < -0.39 is 23.6 Å². The van der Waals surface area contributed by atoms with Gasteiger partial charge in [0.2, 0.25) is 0 Å². The first-order chi connectivity index (χ1) is 8.61. The van der Waals surface area contributed by atoms with Gasteiger partial charge in [-0.05, 0) is 19.1 Å². The number of halogens is 2. The molecule has 0 aliphatic rings. The molecule has 0 aliphatic carbocycles. The van der Waals surface area contributed by atoms with Crippen LogP contribution >= 0.6 is 0 Å². The number of esters is 1. The third-order valence-electron chi connectivity index (χ3n) is 2.22. The summed E-state index contributed by atoms with van der Waals surface area (Å²) in [6.07, 6.45) is 5.05. The second kappa shape index (κ2) is 6.72. The van der Waals surface area contributed by atoms with Crippen LogP contribution in [0.5, 0.6) is 0 Å². The second-order valence-electron chi connectivity index (χ2n) is 3.41. The zero-order valence-electron chi connectivity index (χ0n) is 9.87. The lowest BCUT2D eigenvalue weighted by atomic mass is 10.1. The van der Waals surface area contributed by atoms with Crippen molar-refractivity contribution < 1.29 is 18.3 Å². The van der Waals surface area contributed by atoms with Crippen LogP contribution in [0, 0.1) is 24.0 Å². The van der Waals surface area contributed by atoms with Crippen LogP contribution in [0.2, 0.25) is 0 Å². The summed E-state index contributed by atoms with van der Waals surface area (Å²) in [6, 6.07) is 2.12. The van der Waals surface area contributed by atoms with Gasteiger partial charge in [-0.2, -0.15) is 0 Å². The number of carbonyl (C=O) groups excluding carboxylic acids is 1. The van der Waals surface area contributed by atoms with Crippen LogP contribution in [-0.2, 0) is 9.53 Å². The smallest absolute Gasteiger partial charge is 0.328 e. The molecule has 18 heavy (non-hydrogen) atoms. The van der Waals surface area contributed by atoms with E-state index in [-0.39, 0.29) is 18.7 Å². The molecule has 1 aromatic rings. The van der Waals surface area contributed by atoms with E-state index in [1.165, 1.54) is 6.07 Å². The largest absolute Gasteiger partial charge is 0.465 e. The molecular weight excluding hydrogens is 240 g/mol. The molecule has 1 N–H and O–H groups in total. The Hall–Kier alpha value is -1.93. The van der Waals surface area contributed by atoms with Crippen molar-refractivity contribution in [3.05, 3.63) is 35.4 Å². The van der Waals surface area contributed by atoms with E-state index in [4.69, 9.17) is 11.2 Å². The molecule has 1 rings (SSSR count). The summed E-state index contributed by atoms with van der Waals surface area (Å²) in [5.41, 5.74) is -0.383. The lowest BCUT2D eigenvalue weighted by molar-refractivity contribution is -0.146. The van der Waals surface area contributed by atoms with Crippen LogP contribution in [0.1, 0.15) is 18.5 Å². The minimum atomic E-state index is -1.25. The molecule has 1 aromatic carbocycles. The quantitative estimate of drug-likeness (QED) is 0.642. The van der Waals surface area contributed by atoms with Gasteiger partial charge in [-0.1, -0.05) is 12.0 Å². The number of hydrogen-bond acceptors (Lipinski definition) is 3. The number of ether oxygens (including phenoxy) is 1. The molecule has 0 aromatic heterocycles. The Morgan fingerprint density at radius 3 is 2.61 bits per heavy atom. The highest BCUT2D eigenvalue weighted by Crippen LogP contribution is 2.21. The predicted molar refractivity (Wildman–Crippen MR) is 62.6 cm³/mol. The molecule has 0 heterocycles. The number of hydrogen-bond donors (Lipinski definition) is 1. The molecule has 1 atom stereocenters. The van der Waals surface area contributed by atoms with Gasteiger partial charge in [-0.25, -0.2) is 13.6 Å². The third kappa shape index (κ3) is 3.28. The highest BCUT2D eigenvalue weighted by Gasteiger charge is 2.27. The Labute approximate surface area is 104 Å². The Bertz CT molecular complexity index is 448. The number of terminal acetylenes is 1. The average molecular weight is 253 g/mol. The number of carbonyl (C=O) groups is 1. The average Bonchev–Trinajstić information content (AvgIpc) is 2.33. The molecular formula is C13H13F2NO2. The minimum absolute atomic E-state index is 0.00272. The molecule has 0 saturated heterocycles. The number of rotatable bonds is 5. The Morgan fingerprint density at radius 2 is 2.11 bits per heavy atom. The summed E-state index contributed by atoms with van der Waals surface area (Å²) in [5.74, 6) is -0.170. The maximum atomic E-state index is 13.6. The highest BCUT2D eigenvalue weighted by atomic mass is 19.1. The molecule has 3 nitrogen and oxygen atoms in total. The van der Waals surface area contributed by atoms with Crippen LogP contribution in [-0.4, -0.2) is 19.1 Å². The standard InChI is InChI=1S/C13H13F2NO2/c1-3-8-16-12(13(17)18-4-2)11-9(14)6-5-7-10(11)15/h1,5-7,12,16H,4,8H2,2H3. The zero-order chi connectivity index (χ0) is 13.5. The molecule has 1 unspecified atom stereocenters. The van der Waals surface area contributed by atoms with Gasteiger partial charge in [0.05, 0.1) is 18.7 Å². The molecule has 0 saturated carbocycles. The minimum Gasteiger partial charge on any atom is -0.465 e. The van der Waals surface area contributed by atoms with Crippen LogP contribution in [0.25, 0.3) is 0 Å². The zero-order valence-corrected chi connectivity index (χ0v) is 9.87. The van der Waals surface area contributed by atoms with Gasteiger partial charge in [0, 0.05) is 0 Å². The first-order valence-electron chi connectivity index (χ1n) is 5.39. The SMILES string of the molecule is C#CCNC(C(=O)OCC)c1c(F)cccc1F. The fourth-order valence-corrected chi connectivity index (χ4v) is 1.48. The monoisotopic (exact) mass is 253 g/mol. The molecule has 5 heteroatoms. The number of nitrogens with one attached hydrogen (secondary N) is 1. The van der Waals surface area contributed by atoms with Crippen molar-refractivity contribution in [2.75, 3.05) is 13.2 Å². The topological polar surface area (TPSA) is 38.3 Å². The third-order valence-corrected chi connectivity index (χ3v) is 2.22. The van der Waals surface area contributed by atoms with E-state index in [1.54, 1.807) is 6.92 Å². The molecule has 0 amide bonds.